The second-order valence-electron chi connectivity index (χ2n) is 6.30. The topological polar surface area (TPSA) is 9.23 Å². The first-order valence-corrected chi connectivity index (χ1v) is 10.4. The van der Waals surface area contributed by atoms with Gasteiger partial charge in [0.05, 0.1) is 13.2 Å². The zero-order valence-corrected chi connectivity index (χ0v) is 13.2. The third kappa shape index (κ3) is 6.17. The van der Waals surface area contributed by atoms with Crippen molar-refractivity contribution in [3.8, 4) is 0 Å². The Bertz CT molecular complexity index is 364. The van der Waals surface area contributed by atoms with E-state index in [9.17, 15) is 0 Å². The van der Waals surface area contributed by atoms with Crippen molar-refractivity contribution < 1.29 is 4.74 Å². The van der Waals surface area contributed by atoms with Gasteiger partial charge in [-0.25, -0.2) is 0 Å². The molecule has 0 bridgehead atoms. The Kier molecular flexibility index (Phi) is 5.83. The highest BCUT2D eigenvalue weighted by Gasteiger charge is 2.17. The van der Waals surface area contributed by atoms with Crippen LogP contribution in [0.3, 0.4) is 0 Å². The van der Waals surface area contributed by atoms with Gasteiger partial charge in [0.2, 0.25) is 0 Å². The lowest BCUT2D eigenvalue weighted by Gasteiger charge is -2.22. The van der Waals surface area contributed by atoms with Crippen molar-refractivity contribution in [2.45, 2.75) is 39.2 Å². The van der Waals surface area contributed by atoms with Gasteiger partial charge in [-0.2, -0.15) is 0 Å². The lowest BCUT2D eigenvalue weighted by molar-refractivity contribution is 0.101. The third-order valence-electron chi connectivity index (χ3n) is 2.93. The van der Waals surface area contributed by atoms with Gasteiger partial charge in [0.15, 0.2) is 0 Å². The highest BCUT2D eigenvalue weighted by atomic mass is 28.3. The van der Waals surface area contributed by atoms with Crippen molar-refractivity contribution >= 4 is 8.07 Å². The molecule has 18 heavy (non-hydrogen) atoms. The van der Waals surface area contributed by atoms with Crippen LogP contribution in [0.15, 0.2) is 42.5 Å². The molecule has 1 atom stereocenters. The molecular formula is C16H26OSi. The Morgan fingerprint density at radius 2 is 1.83 bits per heavy atom. The smallest absolute Gasteiger partial charge is 0.0717 e. The first kappa shape index (κ1) is 15.2. The van der Waals surface area contributed by atoms with E-state index in [0.29, 0.717) is 12.5 Å². The number of hydrogen-bond acceptors (Lipinski definition) is 1. The van der Waals surface area contributed by atoms with Crippen LogP contribution in [0.2, 0.25) is 25.7 Å². The molecule has 0 aliphatic heterocycles. The molecule has 0 heterocycles. The van der Waals surface area contributed by atoms with Crippen molar-refractivity contribution in [2.24, 2.45) is 5.92 Å². The zero-order valence-electron chi connectivity index (χ0n) is 12.2. The number of rotatable bonds is 7. The van der Waals surface area contributed by atoms with Crippen molar-refractivity contribution in [1.82, 2.24) is 0 Å². The molecular weight excluding hydrogens is 236 g/mol. The summed E-state index contributed by atoms with van der Waals surface area (Å²) in [4.78, 5) is 0. The maximum absolute atomic E-state index is 5.77. The highest BCUT2D eigenvalue weighted by molar-refractivity contribution is 6.76. The van der Waals surface area contributed by atoms with Crippen molar-refractivity contribution in [3.05, 3.63) is 48.0 Å². The van der Waals surface area contributed by atoms with Crippen molar-refractivity contribution in [2.75, 3.05) is 6.61 Å². The van der Waals surface area contributed by atoms with Crippen LogP contribution in [0.25, 0.3) is 0 Å². The molecule has 0 radical (unpaired) electrons. The summed E-state index contributed by atoms with van der Waals surface area (Å²) in [6.07, 6.45) is 0. The van der Waals surface area contributed by atoms with Crippen LogP contribution in [0.4, 0.5) is 0 Å². The molecule has 0 amide bonds. The van der Waals surface area contributed by atoms with Crippen LogP contribution in [0, 0.1) is 5.92 Å². The minimum atomic E-state index is -1.04. The van der Waals surface area contributed by atoms with E-state index < -0.39 is 8.07 Å². The molecule has 1 rings (SSSR count). The Balaban J connectivity index is 2.29. The van der Waals surface area contributed by atoms with E-state index in [1.165, 1.54) is 17.2 Å². The number of ether oxygens (including phenoxy) is 1. The van der Waals surface area contributed by atoms with Crippen molar-refractivity contribution in [1.29, 1.82) is 0 Å². The van der Waals surface area contributed by atoms with Crippen LogP contribution >= 0.6 is 0 Å². The Morgan fingerprint density at radius 1 is 1.22 bits per heavy atom. The molecule has 0 saturated carbocycles. The molecule has 1 nitrogen and oxygen atoms in total. The molecule has 1 aromatic carbocycles. The van der Waals surface area contributed by atoms with Crippen LogP contribution in [-0.2, 0) is 11.3 Å². The fraction of sp³-hybridized carbons (Fsp3) is 0.500. The Labute approximate surface area is 113 Å². The van der Waals surface area contributed by atoms with Gasteiger partial charge < -0.3 is 4.74 Å². The van der Waals surface area contributed by atoms with Gasteiger partial charge in [-0.15, -0.1) is 0 Å². The van der Waals surface area contributed by atoms with E-state index in [1.807, 2.05) is 18.2 Å². The molecule has 0 aliphatic carbocycles. The van der Waals surface area contributed by atoms with Crippen molar-refractivity contribution in [3.63, 3.8) is 0 Å². The van der Waals surface area contributed by atoms with Gasteiger partial charge in [-0.1, -0.05) is 69.0 Å². The van der Waals surface area contributed by atoms with Gasteiger partial charge in [0.25, 0.3) is 0 Å². The summed E-state index contributed by atoms with van der Waals surface area (Å²) in [6.45, 7) is 15.1. The van der Waals surface area contributed by atoms with Crippen LogP contribution in [0.5, 0.6) is 0 Å². The van der Waals surface area contributed by atoms with Gasteiger partial charge >= 0.3 is 0 Å². The molecule has 0 saturated heterocycles. The fourth-order valence-corrected chi connectivity index (χ4v) is 3.61. The summed E-state index contributed by atoms with van der Waals surface area (Å²) in [7, 11) is -1.04. The van der Waals surface area contributed by atoms with Gasteiger partial charge in [0, 0.05) is 8.07 Å². The standard InChI is InChI=1S/C16H26OSi/c1-14(15(2)13-18(3,4)5)11-17-12-16-9-7-6-8-10-16/h6-10,14H,2,11-13H2,1,3-5H3/t14-/m1/s1. The molecule has 100 valence electrons. The molecule has 0 fully saturated rings. The minimum absolute atomic E-state index is 0.459. The summed E-state index contributed by atoms with van der Waals surface area (Å²) in [5, 5.41) is 0. The first-order chi connectivity index (χ1) is 8.38. The molecule has 0 unspecified atom stereocenters. The SMILES string of the molecule is C=C(C[Si](C)(C)C)[C@H](C)COCc1ccccc1. The maximum atomic E-state index is 5.77. The molecule has 0 N–H and O–H groups in total. The van der Waals surface area contributed by atoms with Gasteiger partial charge in [-0.3, -0.25) is 0 Å². The zero-order chi connectivity index (χ0) is 13.6. The predicted octanol–water partition coefficient (Wildman–Crippen LogP) is 4.73. The summed E-state index contributed by atoms with van der Waals surface area (Å²) >= 11 is 0. The summed E-state index contributed by atoms with van der Waals surface area (Å²) in [5.74, 6) is 0.459. The van der Waals surface area contributed by atoms with E-state index in [0.717, 1.165) is 6.61 Å². The molecule has 1 aromatic rings. The normalized spacial score (nSPS) is 13.3. The lowest BCUT2D eigenvalue weighted by Crippen LogP contribution is -2.22. The van der Waals surface area contributed by atoms with Crippen LogP contribution < -0.4 is 0 Å². The molecule has 0 spiro atoms. The summed E-state index contributed by atoms with van der Waals surface area (Å²) in [6, 6.07) is 11.5. The van der Waals surface area contributed by atoms with E-state index in [4.69, 9.17) is 4.74 Å². The average Bonchev–Trinajstić information content (AvgIpc) is 2.28. The van der Waals surface area contributed by atoms with Crippen LogP contribution in [-0.4, -0.2) is 14.7 Å². The van der Waals surface area contributed by atoms with E-state index >= 15 is 0 Å². The summed E-state index contributed by atoms with van der Waals surface area (Å²) < 4.78 is 5.77. The highest BCUT2D eigenvalue weighted by Crippen LogP contribution is 2.21. The average molecular weight is 262 g/mol. The molecule has 0 aliphatic rings. The fourth-order valence-electron chi connectivity index (χ4n) is 1.90. The second kappa shape index (κ2) is 6.91. The van der Waals surface area contributed by atoms with E-state index in [1.54, 1.807) is 0 Å². The lowest BCUT2D eigenvalue weighted by atomic mass is 10.1. The van der Waals surface area contributed by atoms with E-state index in [2.05, 4.69) is 45.3 Å². The quantitative estimate of drug-likeness (QED) is 0.510. The monoisotopic (exact) mass is 262 g/mol. The molecule has 2 heteroatoms. The first-order valence-electron chi connectivity index (χ1n) is 6.68. The Hall–Kier alpha value is -0.863. The minimum Gasteiger partial charge on any atom is -0.376 e. The van der Waals surface area contributed by atoms with E-state index in [-0.39, 0.29) is 0 Å². The second-order valence-corrected chi connectivity index (χ2v) is 11.8. The number of benzene rings is 1. The predicted molar refractivity (Wildman–Crippen MR) is 82.6 cm³/mol. The third-order valence-corrected chi connectivity index (χ3v) is 4.45. The maximum Gasteiger partial charge on any atom is 0.0717 e. The molecule has 0 aromatic heterocycles. The van der Waals surface area contributed by atoms with Gasteiger partial charge in [-0.05, 0) is 17.5 Å². The Morgan fingerprint density at radius 3 is 2.39 bits per heavy atom. The van der Waals surface area contributed by atoms with Crippen LogP contribution in [0.1, 0.15) is 12.5 Å². The largest absolute Gasteiger partial charge is 0.376 e. The summed E-state index contributed by atoms with van der Waals surface area (Å²) in [5.41, 5.74) is 2.59. The number of hydrogen-bond donors (Lipinski definition) is 0. The van der Waals surface area contributed by atoms with Gasteiger partial charge in [0.1, 0.15) is 0 Å².